The molecule has 0 amide bonds. The Morgan fingerprint density at radius 1 is 1.40 bits per heavy atom. The minimum absolute atomic E-state index is 0.102. The largest absolute Gasteiger partial charge is 0.488 e. The summed E-state index contributed by atoms with van der Waals surface area (Å²) in [5.74, 6) is 0.757. The maximum Gasteiger partial charge on any atom is 0.147 e. The third kappa shape index (κ3) is 3.14. The van der Waals surface area contributed by atoms with E-state index in [1.807, 2.05) is 38.1 Å². The van der Waals surface area contributed by atoms with Gasteiger partial charge in [-0.1, -0.05) is 18.2 Å². The van der Waals surface area contributed by atoms with Gasteiger partial charge in [0.25, 0.3) is 0 Å². The molecule has 0 fully saturated rings. The van der Waals surface area contributed by atoms with Crippen LogP contribution in [0.2, 0.25) is 0 Å². The monoisotopic (exact) mass is 267 g/mol. The van der Waals surface area contributed by atoms with Gasteiger partial charge in [-0.15, -0.1) is 0 Å². The number of aromatic nitrogens is 1. The van der Waals surface area contributed by atoms with Gasteiger partial charge >= 0.3 is 0 Å². The fraction of sp³-hybridized carbons (Fsp3) is 0.250. The molecule has 0 saturated carbocycles. The number of pyridine rings is 1. The Morgan fingerprint density at radius 2 is 2.20 bits per heavy atom. The number of hydrogen-bond acceptors (Lipinski definition) is 4. The van der Waals surface area contributed by atoms with Crippen molar-refractivity contribution >= 4 is 0 Å². The lowest BCUT2D eigenvalue weighted by molar-refractivity contribution is 0.300. The molecule has 0 radical (unpaired) electrons. The number of benzene rings is 1. The molecule has 0 aliphatic heterocycles. The quantitative estimate of drug-likeness (QED) is 0.924. The van der Waals surface area contributed by atoms with Crippen LogP contribution in [0, 0.1) is 18.3 Å². The van der Waals surface area contributed by atoms with Crippen molar-refractivity contribution in [3.05, 3.63) is 58.9 Å². The summed E-state index contributed by atoms with van der Waals surface area (Å²) in [4.78, 5) is 4.02. The Hall–Kier alpha value is -2.38. The van der Waals surface area contributed by atoms with Gasteiger partial charge in [-0.05, 0) is 31.5 Å². The van der Waals surface area contributed by atoms with Gasteiger partial charge in [0.1, 0.15) is 24.1 Å². The molecule has 102 valence electrons. The summed E-state index contributed by atoms with van der Waals surface area (Å²) in [6.07, 6.45) is 1.60. The van der Waals surface area contributed by atoms with Crippen LogP contribution in [0.4, 0.5) is 0 Å². The van der Waals surface area contributed by atoms with Crippen molar-refractivity contribution < 1.29 is 4.74 Å². The van der Waals surface area contributed by atoms with E-state index in [4.69, 9.17) is 15.7 Å². The second-order valence-corrected chi connectivity index (χ2v) is 4.74. The summed E-state index contributed by atoms with van der Waals surface area (Å²) >= 11 is 0. The van der Waals surface area contributed by atoms with Gasteiger partial charge in [0.15, 0.2) is 0 Å². The molecule has 0 bridgehead atoms. The van der Waals surface area contributed by atoms with Crippen LogP contribution in [0.15, 0.2) is 36.5 Å². The minimum Gasteiger partial charge on any atom is -0.488 e. The first kappa shape index (κ1) is 14.0. The van der Waals surface area contributed by atoms with E-state index < -0.39 is 0 Å². The highest BCUT2D eigenvalue weighted by molar-refractivity contribution is 5.39. The Kier molecular flexibility index (Phi) is 4.34. The van der Waals surface area contributed by atoms with E-state index in [2.05, 4.69) is 11.1 Å². The Bertz CT molecular complexity index is 644. The highest BCUT2D eigenvalue weighted by Gasteiger charge is 2.10. The maximum atomic E-state index is 9.01. The van der Waals surface area contributed by atoms with Gasteiger partial charge in [-0.25, -0.2) is 4.98 Å². The molecule has 4 heteroatoms. The Morgan fingerprint density at radius 3 is 2.90 bits per heavy atom. The summed E-state index contributed by atoms with van der Waals surface area (Å²) in [6.45, 7) is 4.23. The zero-order valence-corrected chi connectivity index (χ0v) is 11.6. The molecule has 1 aromatic heterocycles. The zero-order chi connectivity index (χ0) is 14.5. The first-order valence-corrected chi connectivity index (χ1v) is 6.44. The molecule has 1 unspecified atom stereocenters. The number of ether oxygens (including phenoxy) is 1. The smallest absolute Gasteiger partial charge is 0.147 e. The molecule has 1 atom stereocenters. The molecule has 2 N–H and O–H groups in total. The average molecular weight is 267 g/mol. The topological polar surface area (TPSA) is 71.9 Å². The summed E-state index contributed by atoms with van der Waals surface area (Å²) in [6, 6.07) is 11.5. The third-order valence-electron chi connectivity index (χ3n) is 3.04. The van der Waals surface area contributed by atoms with Gasteiger partial charge < -0.3 is 10.5 Å². The standard InChI is InChI=1S/C16H17N3O/c1-11-5-6-14(12(2)18)16(8-11)20-10-13-4-3-7-19-15(13)9-17/h3-8,12H,10,18H2,1-2H3. The van der Waals surface area contributed by atoms with Crippen LogP contribution in [-0.2, 0) is 6.61 Å². The fourth-order valence-electron chi connectivity index (χ4n) is 1.95. The van der Waals surface area contributed by atoms with Crippen LogP contribution in [0.3, 0.4) is 0 Å². The van der Waals surface area contributed by atoms with E-state index in [1.165, 1.54) is 0 Å². The van der Waals surface area contributed by atoms with Crippen molar-refractivity contribution in [3.8, 4) is 11.8 Å². The average Bonchev–Trinajstić information content (AvgIpc) is 2.45. The van der Waals surface area contributed by atoms with Crippen molar-refractivity contribution in [1.82, 2.24) is 4.98 Å². The number of nitriles is 1. The molecule has 1 aromatic carbocycles. The lowest BCUT2D eigenvalue weighted by Gasteiger charge is -2.15. The number of rotatable bonds is 4. The highest BCUT2D eigenvalue weighted by Crippen LogP contribution is 2.26. The van der Waals surface area contributed by atoms with Gasteiger partial charge in [-0.2, -0.15) is 5.26 Å². The zero-order valence-electron chi connectivity index (χ0n) is 11.6. The van der Waals surface area contributed by atoms with Crippen LogP contribution in [0.1, 0.15) is 35.3 Å². The molecular formula is C16H17N3O. The highest BCUT2D eigenvalue weighted by atomic mass is 16.5. The van der Waals surface area contributed by atoms with Crippen molar-refractivity contribution in [1.29, 1.82) is 5.26 Å². The lowest BCUT2D eigenvalue weighted by Crippen LogP contribution is -2.09. The lowest BCUT2D eigenvalue weighted by atomic mass is 10.1. The number of aryl methyl sites for hydroxylation is 1. The molecule has 20 heavy (non-hydrogen) atoms. The van der Waals surface area contributed by atoms with Crippen molar-refractivity contribution in [2.45, 2.75) is 26.5 Å². The first-order chi connectivity index (χ1) is 9.61. The van der Waals surface area contributed by atoms with Crippen molar-refractivity contribution in [2.24, 2.45) is 5.73 Å². The van der Waals surface area contributed by atoms with Crippen molar-refractivity contribution in [3.63, 3.8) is 0 Å². The predicted octanol–water partition coefficient (Wildman–Crippen LogP) is 2.86. The maximum absolute atomic E-state index is 9.01. The molecule has 0 spiro atoms. The summed E-state index contributed by atoms with van der Waals surface area (Å²) in [5, 5.41) is 9.01. The second-order valence-electron chi connectivity index (χ2n) is 4.74. The molecule has 2 aromatic rings. The van der Waals surface area contributed by atoms with Crippen LogP contribution >= 0.6 is 0 Å². The minimum atomic E-state index is -0.102. The summed E-state index contributed by atoms with van der Waals surface area (Å²) in [5.41, 5.74) is 9.17. The van der Waals surface area contributed by atoms with E-state index in [-0.39, 0.29) is 6.04 Å². The number of nitrogens with two attached hydrogens (primary N) is 1. The number of hydrogen-bond donors (Lipinski definition) is 1. The van der Waals surface area contributed by atoms with E-state index >= 15 is 0 Å². The van der Waals surface area contributed by atoms with E-state index in [9.17, 15) is 0 Å². The van der Waals surface area contributed by atoms with Gasteiger partial charge in [0.05, 0.1) is 0 Å². The molecule has 4 nitrogen and oxygen atoms in total. The van der Waals surface area contributed by atoms with Crippen molar-refractivity contribution in [2.75, 3.05) is 0 Å². The van der Waals surface area contributed by atoms with Crippen LogP contribution < -0.4 is 10.5 Å². The van der Waals surface area contributed by atoms with Crippen LogP contribution in [-0.4, -0.2) is 4.98 Å². The molecule has 0 saturated heterocycles. The SMILES string of the molecule is Cc1ccc(C(C)N)c(OCc2cccnc2C#N)c1. The molecule has 0 aliphatic carbocycles. The van der Waals surface area contributed by atoms with Crippen LogP contribution in [0.25, 0.3) is 0 Å². The Balaban J connectivity index is 2.23. The molecule has 2 rings (SSSR count). The Labute approximate surface area is 118 Å². The van der Waals surface area contributed by atoms with Gasteiger partial charge in [0.2, 0.25) is 0 Å². The molecule has 1 heterocycles. The third-order valence-corrected chi connectivity index (χ3v) is 3.04. The molecule has 0 aliphatic rings. The molecular weight excluding hydrogens is 250 g/mol. The van der Waals surface area contributed by atoms with E-state index in [0.717, 1.165) is 22.4 Å². The second kappa shape index (κ2) is 6.18. The van der Waals surface area contributed by atoms with E-state index in [1.54, 1.807) is 12.3 Å². The normalized spacial score (nSPS) is 11.7. The summed E-state index contributed by atoms with van der Waals surface area (Å²) in [7, 11) is 0. The van der Waals surface area contributed by atoms with E-state index in [0.29, 0.717) is 12.3 Å². The fourth-order valence-corrected chi connectivity index (χ4v) is 1.95. The first-order valence-electron chi connectivity index (χ1n) is 6.44. The van der Waals surface area contributed by atoms with Gasteiger partial charge in [-0.3, -0.25) is 0 Å². The predicted molar refractivity (Wildman–Crippen MR) is 77.1 cm³/mol. The number of nitrogens with zero attached hydrogens (tertiary/aromatic N) is 2. The van der Waals surface area contributed by atoms with Crippen LogP contribution in [0.5, 0.6) is 5.75 Å². The summed E-state index contributed by atoms with van der Waals surface area (Å²) < 4.78 is 5.84. The van der Waals surface area contributed by atoms with Gasteiger partial charge in [0, 0.05) is 23.4 Å².